The highest BCUT2D eigenvalue weighted by Crippen LogP contribution is 2.23. The highest BCUT2D eigenvalue weighted by molar-refractivity contribution is 5.96. The van der Waals surface area contributed by atoms with Crippen LogP contribution in [0.4, 0.5) is 0 Å². The Labute approximate surface area is 243 Å². The number of ether oxygens (including phenoxy) is 4. The van der Waals surface area contributed by atoms with Crippen molar-refractivity contribution < 1.29 is 28.5 Å². The largest absolute Gasteiger partial charge is 0.497 e. The van der Waals surface area contributed by atoms with E-state index >= 15 is 0 Å². The van der Waals surface area contributed by atoms with Gasteiger partial charge in [0.2, 0.25) is 0 Å². The molecule has 10 nitrogen and oxygen atoms in total. The molecular formula is C32H30N4O6. The quantitative estimate of drug-likeness (QED) is 0.197. The highest BCUT2D eigenvalue weighted by Gasteiger charge is 2.08. The summed E-state index contributed by atoms with van der Waals surface area (Å²) >= 11 is 0. The van der Waals surface area contributed by atoms with E-state index in [4.69, 9.17) is 18.9 Å². The normalized spacial score (nSPS) is 10.9. The maximum atomic E-state index is 12.5. The van der Waals surface area contributed by atoms with Crippen LogP contribution >= 0.6 is 0 Å². The number of nitrogens with zero attached hydrogens (tertiary/aromatic N) is 2. The maximum Gasteiger partial charge on any atom is 0.271 e. The fourth-order valence-electron chi connectivity index (χ4n) is 3.90. The summed E-state index contributed by atoms with van der Waals surface area (Å²) in [6.07, 6.45) is 3.02. The van der Waals surface area contributed by atoms with Crippen molar-refractivity contribution in [3.63, 3.8) is 0 Å². The Kier molecular flexibility index (Phi) is 9.87. The summed E-state index contributed by atoms with van der Waals surface area (Å²) in [4.78, 5) is 25.1. The van der Waals surface area contributed by atoms with Crippen molar-refractivity contribution in [1.82, 2.24) is 10.9 Å². The minimum Gasteiger partial charge on any atom is -0.497 e. The third-order valence-corrected chi connectivity index (χ3v) is 6.13. The van der Waals surface area contributed by atoms with Crippen molar-refractivity contribution in [2.24, 2.45) is 10.2 Å². The van der Waals surface area contributed by atoms with Gasteiger partial charge < -0.3 is 18.9 Å². The molecule has 214 valence electrons. The lowest BCUT2D eigenvalue weighted by Crippen LogP contribution is -2.17. The average Bonchev–Trinajstić information content (AvgIpc) is 3.04. The Morgan fingerprint density at radius 2 is 0.833 bits per heavy atom. The van der Waals surface area contributed by atoms with Crippen molar-refractivity contribution in [1.29, 1.82) is 0 Å². The lowest BCUT2D eigenvalue weighted by molar-refractivity contribution is 0.0947. The molecule has 0 fully saturated rings. The number of rotatable bonds is 11. The first kappa shape index (κ1) is 29.3. The zero-order valence-corrected chi connectivity index (χ0v) is 23.6. The number of methoxy groups -OCH3 is 4. The Morgan fingerprint density at radius 3 is 1.12 bits per heavy atom. The van der Waals surface area contributed by atoms with E-state index in [0.717, 1.165) is 11.1 Å². The van der Waals surface area contributed by atoms with Crippen LogP contribution in [-0.4, -0.2) is 52.7 Å². The summed E-state index contributed by atoms with van der Waals surface area (Å²) in [6.45, 7) is 0. The Balaban J connectivity index is 1.34. The second-order valence-electron chi connectivity index (χ2n) is 8.84. The van der Waals surface area contributed by atoms with Crippen LogP contribution < -0.4 is 29.8 Å². The number of carbonyl (C=O) groups is 2. The van der Waals surface area contributed by atoms with Crippen molar-refractivity contribution in [2.45, 2.75) is 0 Å². The summed E-state index contributed by atoms with van der Waals surface area (Å²) in [6, 6.07) is 24.7. The van der Waals surface area contributed by atoms with Gasteiger partial charge in [-0.25, -0.2) is 10.9 Å². The minimum absolute atomic E-state index is 0.354. The van der Waals surface area contributed by atoms with Gasteiger partial charge in [-0.1, -0.05) is 24.3 Å². The van der Waals surface area contributed by atoms with Crippen LogP contribution in [0.5, 0.6) is 23.0 Å². The maximum absolute atomic E-state index is 12.5. The van der Waals surface area contributed by atoms with Crippen LogP contribution in [0.3, 0.4) is 0 Å². The van der Waals surface area contributed by atoms with Gasteiger partial charge in [0.15, 0.2) is 0 Å². The molecule has 2 N–H and O–H groups in total. The van der Waals surface area contributed by atoms with E-state index in [2.05, 4.69) is 21.1 Å². The van der Waals surface area contributed by atoms with Crippen LogP contribution in [0.1, 0.15) is 31.8 Å². The predicted molar refractivity (Wildman–Crippen MR) is 161 cm³/mol. The molecule has 4 aromatic carbocycles. The molecule has 0 atom stereocenters. The van der Waals surface area contributed by atoms with Crippen LogP contribution in [0.2, 0.25) is 0 Å². The fourth-order valence-corrected chi connectivity index (χ4v) is 3.90. The van der Waals surface area contributed by atoms with Gasteiger partial charge in [0.05, 0.1) is 40.9 Å². The number of hydrogen-bond acceptors (Lipinski definition) is 8. The van der Waals surface area contributed by atoms with Gasteiger partial charge in [-0.3, -0.25) is 9.59 Å². The zero-order chi connectivity index (χ0) is 29.9. The molecule has 0 unspecified atom stereocenters. The van der Waals surface area contributed by atoms with Gasteiger partial charge in [0.25, 0.3) is 11.8 Å². The summed E-state index contributed by atoms with van der Waals surface area (Å²) in [7, 11) is 6.25. The molecule has 10 heteroatoms. The molecule has 0 spiro atoms. The molecule has 2 amide bonds. The summed E-state index contributed by atoms with van der Waals surface area (Å²) in [5.41, 5.74) is 9.13. The number of amides is 2. The van der Waals surface area contributed by atoms with Crippen molar-refractivity contribution in [3.05, 3.63) is 107 Å². The smallest absolute Gasteiger partial charge is 0.271 e. The molecule has 0 aliphatic carbocycles. The topological polar surface area (TPSA) is 120 Å². The van der Waals surface area contributed by atoms with E-state index in [0.29, 0.717) is 45.3 Å². The van der Waals surface area contributed by atoms with Crippen LogP contribution in [0.15, 0.2) is 95.1 Å². The second-order valence-corrected chi connectivity index (χ2v) is 8.84. The number of hydrazone groups is 2. The Bertz CT molecular complexity index is 1430. The first-order valence-corrected chi connectivity index (χ1v) is 12.8. The molecule has 0 aliphatic rings. The van der Waals surface area contributed by atoms with Gasteiger partial charge in [-0.05, 0) is 59.7 Å². The number of benzene rings is 4. The third kappa shape index (κ3) is 7.72. The molecule has 0 aromatic heterocycles. The molecule has 42 heavy (non-hydrogen) atoms. The number of hydrogen-bond donors (Lipinski definition) is 2. The molecule has 4 aromatic rings. The average molecular weight is 567 g/mol. The summed E-state index contributed by atoms with van der Waals surface area (Å²) in [5.74, 6) is 1.76. The van der Waals surface area contributed by atoms with Crippen molar-refractivity contribution in [2.75, 3.05) is 28.4 Å². The third-order valence-electron chi connectivity index (χ3n) is 6.13. The molecule has 0 heterocycles. The molecule has 0 bridgehead atoms. The standard InChI is InChI=1S/C32H30N4O6/c1-39-27-13-21(14-28(17-27)40-2)19-33-35-31(37)25-9-5-23(6-10-25)24-7-11-26(12-8-24)32(38)36-34-20-22-15-29(41-3)18-30(16-22)42-4/h5-20H,1-4H3,(H,35,37)(H,36,38)/b33-19+,34-20+. The number of nitrogens with one attached hydrogen (secondary N) is 2. The van der Waals surface area contributed by atoms with Crippen LogP contribution in [-0.2, 0) is 0 Å². The Morgan fingerprint density at radius 1 is 0.524 bits per heavy atom. The zero-order valence-electron chi connectivity index (χ0n) is 23.6. The minimum atomic E-state index is -0.354. The van der Waals surface area contributed by atoms with E-state index in [1.165, 1.54) is 12.4 Å². The van der Waals surface area contributed by atoms with E-state index in [9.17, 15) is 9.59 Å². The van der Waals surface area contributed by atoms with E-state index in [1.807, 2.05) is 24.3 Å². The van der Waals surface area contributed by atoms with Gasteiger partial charge in [-0.15, -0.1) is 0 Å². The fraction of sp³-hybridized carbons (Fsp3) is 0.125. The van der Waals surface area contributed by atoms with Gasteiger partial charge in [-0.2, -0.15) is 10.2 Å². The second kappa shape index (κ2) is 14.1. The summed E-state index contributed by atoms with van der Waals surface area (Å²) in [5, 5.41) is 8.07. The van der Waals surface area contributed by atoms with Gasteiger partial charge in [0.1, 0.15) is 23.0 Å². The van der Waals surface area contributed by atoms with Crippen molar-refractivity contribution in [3.8, 4) is 34.1 Å². The number of carbonyl (C=O) groups excluding carboxylic acids is 2. The molecular weight excluding hydrogens is 536 g/mol. The monoisotopic (exact) mass is 566 g/mol. The molecule has 0 aliphatic heterocycles. The first-order valence-electron chi connectivity index (χ1n) is 12.8. The molecule has 0 saturated carbocycles. The van der Waals surface area contributed by atoms with E-state index < -0.39 is 0 Å². The summed E-state index contributed by atoms with van der Waals surface area (Å²) < 4.78 is 21.0. The van der Waals surface area contributed by atoms with Gasteiger partial charge >= 0.3 is 0 Å². The predicted octanol–water partition coefficient (Wildman–Crippen LogP) is 4.92. The van der Waals surface area contributed by atoms with Gasteiger partial charge in [0, 0.05) is 34.4 Å². The first-order chi connectivity index (χ1) is 20.4. The lowest BCUT2D eigenvalue weighted by Gasteiger charge is -2.07. The van der Waals surface area contributed by atoms with E-state index in [-0.39, 0.29) is 11.8 Å². The lowest BCUT2D eigenvalue weighted by atomic mass is 10.0. The highest BCUT2D eigenvalue weighted by atomic mass is 16.5. The Hall–Kier alpha value is -5.64. The SMILES string of the molecule is COc1cc(/C=N/NC(=O)c2ccc(-c3ccc(C(=O)N/N=C/c4cc(OC)cc(OC)c4)cc3)cc2)cc(OC)c1. The molecule has 4 rings (SSSR count). The van der Waals surface area contributed by atoms with Crippen molar-refractivity contribution >= 4 is 24.2 Å². The molecule has 0 saturated heterocycles. The van der Waals surface area contributed by atoms with E-state index in [1.54, 1.807) is 89.1 Å². The van der Waals surface area contributed by atoms with Crippen LogP contribution in [0, 0.1) is 0 Å². The molecule has 0 radical (unpaired) electrons. The van der Waals surface area contributed by atoms with Crippen LogP contribution in [0.25, 0.3) is 11.1 Å².